The summed E-state index contributed by atoms with van der Waals surface area (Å²) in [5, 5.41) is 13.1. The van der Waals surface area contributed by atoms with Crippen molar-refractivity contribution in [2.75, 3.05) is 6.61 Å². The SMILES string of the molecule is CC(NC(=O)c1ccc2c(c1)CCO2)C(O)c1ccc(F)cc1. The van der Waals surface area contributed by atoms with Crippen LogP contribution < -0.4 is 10.1 Å². The number of ether oxygens (including phenoxy) is 1. The minimum Gasteiger partial charge on any atom is -0.493 e. The van der Waals surface area contributed by atoms with Crippen LogP contribution in [0, 0.1) is 5.82 Å². The lowest BCUT2D eigenvalue weighted by atomic mass is 10.0. The lowest BCUT2D eigenvalue weighted by Crippen LogP contribution is -2.37. The van der Waals surface area contributed by atoms with Gasteiger partial charge in [-0.1, -0.05) is 12.1 Å². The van der Waals surface area contributed by atoms with E-state index in [2.05, 4.69) is 5.32 Å². The van der Waals surface area contributed by atoms with Gasteiger partial charge < -0.3 is 15.2 Å². The van der Waals surface area contributed by atoms with Gasteiger partial charge in [0.2, 0.25) is 0 Å². The zero-order valence-corrected chi connectivity index (χ0v) is 12.8. The van der Waals surface area contributed by atoms with Crippen molar-refractivity contribution >= 4 is 5.91 Å². The van der Waals surface area contributed by atoms with Gasteiger partial charge in [0.15, 0.2) is 0 Å². The van der Waals surface area contributed by atoms with Crippen LogP contribution in [0.1, 0.15) is 34.5 Å². The van der Waals surface area contributed by atoms with Crippen molar-refractivity contribution in [2.24, 2.45) is 0 Å². The normalized spacial score (nSPS) is 15.4. The van der Waals surface area contributed by atoms with Gasteiger partial charge in [-0.25, -0.2) is 4.39 Å². The first-order valence-electron chi connectivity index (χ1n) is 7.55. The molecule has 2 N–H and O–H groups in total. The molecule has 0 saturated carbocycles. The van der Waals surface area contributed by atoms with Crippen LogP contribution in [0.15, 0.2) is 42.5 Å². The van der Waals surface area contributed by atoms with Crippen LogP contribution in [0.25, 0.3) is 0 Å². The number of aliphatic hydroxyl groups excluding tert-OH is 1. The highest BCUT2D eigenvalue weighted by atomic mass is 19.1. The van der Waals surface area contributed by atoms with Gasteiger partial charge in [-0.15, -0.1) is 0 Å². The fraction of sp³-hybridized carbons (Fsp3) is 0.278. The fourth-order valence-electron chi connectivity index (χ4n) is 2.65. The van der Waals surface area contributed by atoms with Crippen molar-refractivity contribution in [3.05, 3.63) is 65.0 Å². The number of rotatable bonds is 4. The second kappa shape index (κ2) is 6.38. The van der Waals surface area contributed by atoms with Crippen molar-refractivity contribution < 1.29 is 19.0 Å². The zero-order chi connectivity index (χ0) is 16.4. The fourth-order valence-corrected chi connectivity index (χ4v) is 2.65. The van der Waals surface area contributed by atoms with E-state index in [0.717, 1.165) is 17.7 Å². The number of fused-ring (bicyclic) bond motifs is 1. The Balaban J connectivity index is 1.68. The minimum atomic E-state index is -0.905. The topological polar surface area (TPSA) is 58.6 Å². The smallest absolute Gasteiger partial charge is 0.251 e. The lowest BCUT2D eigenvalue weighted by Gasteiger charge is -2.21. The molecule has 5 heteroatoms. The molecule has 0 fully saturated rings. The minimum absolute atomic E-state index is 0.256. The molecule has 1 amide bonds. The number of aliphatic hydroxyl groups is 1. The first-order chi connectivity index (χ1) is 11.0. The molecule has 0 spiro atoms. The summed E-state index contributed by atoms with van der Waals surface area (Å²) in [6, 6.07) is 10.4. The van der Waals surface area contributed by atoms with Crippen LogP contribution in [0.5, 0.6) is 5.75 Å². The molecule has 2 aromatic carbocycles. The van der Waals surface area contributed by atoms with E-state index in [9.17, 15) is 14.3 Å². The molecule has 1 heterocycles. The summed E-state index contributed by atoms with van der Waals surface area (Å²) < 4.78 is 18.3. The van der Waals surface area contributed by atoms with Crippen molar-refractivity contribution in [1.29, 1.82) is 0 Å². The van der Waals surface area contributed by atoms with E-state index in [1.54, 1.807) is 19.1 Å². The van der Waals surface area contributed by atoms with E-state index in [0.29, 0.717) is 17.7 Å². The first-order valence-corrected chi connectivity index (χ1v) is 7.55. The second-order valence-corrected chi connectivity index (χ2v) is 5.68. The largest absolute Gasteiger partial charge is 0.493 e. The van der Waals surface area contributed by atoms with Crippen LogP contribution in [-0.2, 0) is 6.42 Å². The van der Waals surface area contributed by atoms with Gasteiger partial charge in [0.05, 0.1) is 18.8 Å². The molecule has 1 aliphatic heterocycles. The summed E-state index contributed by atoms with van der Waals surface area (Å²) >= 11 is 0. The summed E-state index contributed by atoms with van der Waals surface area (Å²) in [7, 11) is 0. The standard InChI is InChI=1S/C18H18FNO3/c1-11(17(21)12-2-5-15(19)6-3-12)20-18(22)14-4-7-16-13(10-14)8-9-23-16/h2-7,10-11,17,21H,8-9H2,1H3,(H,20,22). The van der Waals surface area contributed by atoms with Crippen LogP contribution >= 0.6 is 0 Å². The Labute approximate surface area is 133 Å². The Hall–Kier alpha value is -2.40. The Morgan fingerprint density at radius 1 is 1.26 bits per heavy atom. The number of hydrogen-bond donors (Lipinski definition) is 2. The van der Waals surface area contributed by atoms with Gasteiger partial charge in [0.1, 0.15) is 11.6 Å². The lowest BCUT2D eigenvalue weighted by molar-refractivity contribution is 0.0852. The number of halogens is 1. The average Bonchev–Trinajstić information content (AvgIpc) is 3.02. The van der Waals surface area contributed by atoms with Gasteiger partial charge in [-0.2, -0.15) is 0 Å². The molecule has 4 nitrogen and oxygen atoms in total. The Kier molecular flexibility index (Phi) is 4.30. The molecule has 120 valence electrons. The number of benzene rings is 2. The van der Waals surface area contributed by atoms with Gasteiger partial charge >= 0.3 is 0 Å². The van der Waals surface area contributed by atoms with Gasteiger partial charge in [-0.3, -0.25) is 4.79 Å². The van der Waals surface area contributed by atoms with Crippen LogP contribution in [0.2, 0.25) is 0 Å². The van der Waals surface area contributed by atoms with Gasteiger partial charge in [0.25, 0.3) is 5.91 Å². The van der Waals surface area contributed by atoms with E-state index >= 15 is 0 Å². The molecule has 3 rings (SSSR count). The molecule has 23 heavy (non-hydrogen) atoms. The molecule has 2 aromatic rings. The molecule has 1 aliphatic rings. The molecule has 0 saturated heterocycles. The maximum Gasteiger partial charge on any atom is 0.251 e. The monoisotopic (exact) mass is 315 g/mol. The Morgan fingerprint density at radius 3 is 2.74 bits per heavy atom. The number of nitrogens with one attached hydrogen (secondary N) is 1. The summed E-state index contributed by atoms with van der Waals surface area (Å²) in [4.78, 5) is 12.3. The number of amides is 1. The van der Waals surface area contributed by atoms with E-state index in [-0.39, 0.29) is 11.7 Å². The highest BCUT2D eigenvalue weighted by Gasteiger charge is 2.20. The second-order valence-electron chi connectivity index (χ2n) is 5.68. The third-order valence-electron chi connectivity index (χ3n) is 4.00. The molecule has 0 aromatic heterocycles. The molecule has 2 atom stereocenters. The van der Waals surface area contributed by atoms with Crippen molar-refractivity contribution in [2.45, 2.75) is 25.5 Å². The molecule has 0 aliphatic carbocycles. The molecule has 0 bridgehead atoms. The number of carbonyl (C=O) groups is 1. The number of hydrogen-bond acceptors (Lipinski definition) is 3. The maximum atomic E-state index is 12.9. The molecule has 2 unspecified atom stereocenters. The maximum absolute atomic E-state index is 12.9. The average molecular weight is 315 g/mol. The predicted octanol–water partition coefficient (Wildman–Crippen LogP) is 2.61. The predicted molar refractivity (Wildman–Crippen MR) is 83.9 cm³/mol. The quantitative estimate of drug-likeness (QED) is 0.912. The summed E-state index contributed by atoms with van der Waals surface area (Å²) in [5.74, 6) is 0.201. The van der Waals surface area contributed by atoms with E-state index in [1.807, 2.05) is 6.07 Å². The van der Waals surface area contributed by atoms with Crippen LogP contribution in [0.4, 0.5) is 4.39 Å². The highest BCUT2D eigenvalue weighted by molar-refractivity contribution is 5.94. The van der Waals surface area contributed by atoms with Crippen LogP contribution in [0.3, 0.4) is 0 Å². The third-order valence-corrected chi connectivity index (χ3v) is 4.00. The number of carbonyl (C=O) groups excluding carboxylic acids is 1. The van der Waals surface area contributed by atoms with E-state index in [1.165, 1.54) is 24.3 Å². The molecule has 0 radical (unpaired) electrons. The van der Waals surface area contributed by atoms with Crippen molar-refractivity contribution in [3.8, 4) is 5.75 Å². The Bertz CT molecular complexity index is 715. The van der Waals surface area contributed by atoms with Crippen molar-refractivity contribution in [1.82, 2.24) is 5.32 Å². The van der Waals surface area contributed by atoms with E-state index in [4.69, 9.17) is 4.74 Å². The summed E-state index contributed by atoms with van der Waals surface area (Å²) in [6.07, 6.45) is -0.109. The summed E-state index contributed by atoms with van der Waals surface area (Å²) in [6.45, 7) is 2.35. The first kappa shape index (κ1) is 15.5. The highest BCUT2D eigenvalue weighted by Crippen LogP contribution is 2.26. The molecular weight excluding hydrogens is 297 g/mol. The van der Waals surface area contributed by atoms with Gasteiger partial charge in [0, 0.05) is 12.0 Å². The third kappa shape index (κ3) is 3.35. The zero-order valence-electron chi connectivity index (χ0n) is 12.8. The van der Waals surface area contributed by atoms with E-state index < -0.39 is 12.1 Å². The summed E-state index contributed by atoms with van der Waals surface area (Å²) in [5.41, 5.74) is 2.11. The van der Waals surface area contributed by atoms with Crippen molar-refractivity contribution in [3.63, 3.8) is 0 Å². The Morgan fingerprint density at radius 2 is 2.00 bits per heavy atom. The van der Waals surface area contributed by atoms with Crippen LogP contribution in [-0.4, -0.2) is 23.7 Å². The molecular formula is C18H18FNO3. The van der Waals surface area contributed by atoms with Gasteiger partial charge in [-0.05, 0) is 48.4 Å².